The first-order valence-electron chi connectivity index (χ1n) is 9.68. The van der Waals surface area contributed by atoms with E-state index in [1.165, 1.54) is 29.5 Å². The number of amides is 3. The highest BCUT2D eigenvalue weighted by Gasteiger charge is 2.54. The predicted octanol–water partition coefficient (Wildman–Crippen LogP) is 5.22. The standard InChI is InChI=1S/C21H16Br2Cl2N2O4S/c22-13-7-11-12(8-14(13)23)21(31)27(20(11)30)26(9-17(28)18-2-1-5-32-18)19(29)10-3-4-15(24)16(25)6-10/h1-6,11-14H,7-9H2/t11-,12+,13+,14-. The molecule has 6 nitrogen and oxygen atoms in total. The molecule has 4 atom stereocenters. The second-order valence-electron chi connectivity index (χ2n) is 7.60. The zero-order valence-corrected chi connectivity index (χ0v) is 21.8. The Labute approximate surface area is 215 Å². The van der Waals surface area contributed by atoms with Gasteiger partial charge in [0.15, 0.2) is 5.78 Å². The molecule has 0 radical (unpaired) electrons. The van der Waals surface area contributed by atoms with E-state index < -0.39 is 36.1 Å². The van der Waals surface area contributed by atoms with Crippen molar-refractivity contribution in [1.82, 2.24) is 10.0 Å². The molecule has 1 aromatic carbocycles. The molecule has 2 aromatic rings. The molecular formula is C21H16Br2Cl2N2O4S. The maximum atomic E-state index is 13.4. The van der Waals surface area contributed by atoms with Gasteiger partial charge in [-0.25, -0.2) is 5.01 Å². The number of thiophene rings is 1. The molecule has 0 unspecified atom stereocenters. The molecule has 3 amide bonds. The van der Waals surface area contributed by atoms with Crippen molar-refractivity contribution < 1.29 is 19.2 Å². The molecule has 32 heavy (non-hydrogen) atoms. The van der Waals surface area contributed by atoms with Gasteiger partial charge in [-0.15, -0.1) is 11.3 Å². The molecule has 1 saturated carbocycles. The second-order valence-corrected chi connectivity index (χ2v) is 11.7. The van der Waals surface area contributed by atoms with Crippen LogP contribution < -0.4 is 0 Å². The number of halogens is 4. The van der Waals surface area contributed by atoms with Gasteiger partial charge in [-0.05, 0) is 42.5 Å². The summed E-state index contributed by atoms with van der Waals surface area (Å²) in [5, 5.41) is 3.95. The first-order chi connectivity index (χ1) is 15.2. The fourth-order valence-corrected chi connectivity index (χ4v) is 6.17. The summed E-state index contributed by atoms with van der Waals surface area (Å²) in [7, 11) is 0. The Morgan fingerprint density at radius 1 is 1.03 bits per heavy atom. The van der Waals surface area contributed by atoms with Gasteiger partial charge in [-0.3, -0.25) is 19.2 Å². The van der Waals surface area contributed by atoms with Crippen LogP contribution in [0.25, 0.3) is 0 Å². The van der Waals surface area contributed by atoms with E-state index in [0.29, 0.717) is 17.7 Å². The first kappa shape index (κ1) is 23.9. The summed E-state index contributed by atoms with van der Waals surface area (Å²) in [5.41, 5.74) is 0.116. The third-order valence-electron chi connectivity index (χ3n) is 5.62. The van der Waals surface area contributed by atoms with Gasteiger partial charge < -0.3 is 0 Å². The largest absolute Gasteiger partial charge is 0.291 e. The van der Waals surface area contributed by atoms with Crippen molar-refractivity contribution in [3.05, 3.63) is 56.2 Å². The summed E-state index contributed by atoms with van der Waals surface area (Å²) in [5.74, 6) is -3.11. The summed E-state index contributed by atoms with van der Waals surface area (Å²) < 4.78 is 0. The van der Waals surface area contributed by atoms with Crippen LogP contribution in [0, 0.1) is 11.8 Å². The fourth-order valence-electron chi connectivity index (χ4n) is 3.98. The minimum Gasteiger partial charge on any atom is -0.291 e. The fraction of sp³-hybridized carbons (Fsp3) is 0.333. The number of hydrazine groups is 1. The van der Waals surface area contributed by atoms with Crippen molar-refractivity contribution in [2.24, 2.45) is 11.8 Å². The van der Waals surface area contributed by atoms with Crippen molar-refractivity contribution in [2.75, 3.05) is 6.54 Å². The van der Waals surface area contributed by atoms with E-state index in [9.17, 15) is 19.2 Å². The van der Waals surface area contributed by atoms with Crippen LogP contribution in [0.4, 0.5) is 0 Å². The van der Waals surface area contributed by atoms with Crippen molar-refractivity contribution in [1.29, 1.82) is 0 Å². The van der Waals surface area contributed by atoms with Crippen LogP contribution in [0.5, 0.6) is 0 Å². The van der Waals surface area contributed by atoms with E-state index in [2.05, 4.69) is 31.9 Å². The topological polar surface area (TPSA) is 74.8 Å². The van der Waals surface area contributed by atoms with Crippen LogP contribution >= 0.6 is 66.4 Å². The summed E-state index contributed by atoms with van der Waals surface area (Å²) in [6.07, 6.45) is 0.907. The molecule has 2 fully saturated rings. The average Bonchev–Trinajstić information content (AvgIpc) is 3.37. The number of nitrogens with zero attached hydrogens (tertiary/aromatic N) is 2. The van der Waals surface area contributed by atoms with E-state index in [1.807, 2.05) is 0 Å². The van der Waals surface area contributed by atoms with Crippen LogP contribution in [0.1, 0.15) is 32.9 Å². The van der Waals surface area contributed by atoms with Crippen molar-refractivity contribution in [3.63, 3.8) is 0 Å². The maximum absolute atomic E-state index is 13.4. The number of hydrogen-bond acceptors (Lipinski definition) is 5. The Kier molecular flexibility index (Phi) is 7.12. The van der Waals surface area contributed by atoms with E-state index in [-0.39, 0.29) is 31.0 Å². The van der Waals surface area contributed by atoms with Crippen LogP contribution in [0.15, 0.2) is 35.7 Å². The van der Waals surface area contributed by atoms with Gasteiger partial charge in [0.2, 0.25) is 0 Å². The molecule has 1 saturated heterocycles. The Balaban J connectivity index is 1.70. The number of benzene rings is 1. The van der Waals surface area contributed by atoms with Gasteiger partial charge in [0.1, 0.15) is 6.54 Å². The quantitative estimate of drug-likeness (QED) is 0.261. The zero-order chi connectivity index (χ0) is 23.2. The van der Waals surface area contributed by atoms with Gasteiger partial charge >= 0.3 is 0 Å². The number of alkyl halides is 2. The lowest BCUT2D eigenvalue weighted by Crippen LogP contribution is -2.52. The highest BCUT2D eigenvalue weighted by Crippen LogP contribution is 2.43. The SMILES string of the molecule is O=C(CN(C(=O)c1ccc(Cl)c(Cl)c1)N1C(=O)[C@H]2C[C@@H](Br)[C@@H](Br)C[C@H]2C1=O)c1cccs1. The number of hydrogen-bond donors (Lipinski definition) is 0. The predicted molar refractivity (Wildman–Crippen MR) is 130 cm³/mol. The molecule has 0 spiro atoms. The lowest BCUT2D eigenvalue weighted by Gasteiger charge is -2.30. The number of imide groups is 1. The highest BCUT2D eigenvalue weighted by atomic mass is 79.9. The third kappa shape index (κ3) is 4.42. The van der Waals surface area contributed by atoms with Crippen molar-refractivity contribution in [2.45, 2.75) is 22.5 Å². The maximum Gasteiger partial charge on any atom is 0.273 e. The minimum absolute atomic E-state index is 0.0208. The van der Waals surface area contributed by atoms with Gasteiger partial charge in [0, 0.05) is 15.2 Å². The van der Waals surface area contributed by atoms with E-state index in [0.717, 1.165) is 10.0 Å². The van der Waals surface area contributed by atoms with E-state index in [1.54, 1.807) is 17.5 Å². The number of Topliss-reactive ketones (excluding diaryl/α,β-unsaturated/α-hetero) is 1. The monoisotopic (exact) mass is 620 g/mol. The molecule has 1 aliphatic heterocycles. The molecule has 4 rings (SSSR count). The van der Waals surface area contributed by atoms with Gasteiger partial charge in [-0.2, -0.15) is 5.01 Å². The van der Waals surface area contributed by atoms with Crippen LogP contribution in [0.3, 0.4) is 0 Å². The highest BCUT2D eigenvalue weighted by molar-refractivity contribution is 9.12. The number of fused-ring (bicyclic) bond motifs is 1. The lowest BCUT2D eigenvalue weighted by molar-refractivity contribution is -0.154. The van der Waals surface area contributed by atoms with Crippen LogP contribution in [0.2, 0.25) is 10.0 Å². The normalized spacial score (nSPS) is 25.1. The molecule has 1 aromatic heterocycles. The zero-order valence-electron chi connectivity index (χ0n) is 16.3. The van der Waals surface area contributed by atoms with E-state index in [4.69, 9.17) is 23.2 Å². The Bertz CT molecular complexity index is 1070. The summed E-state index contributed by atoms with van der Waals surface area (Å²) in [6.45, 7) is -0.452. The number of rotatable bonds is 5. The number of ketones is 1. The van der Waals surface area contributed by atoms with E-state index >= 15 is 0 Å². The molecular weight excluding hydrogens is 607 g/mol. The van der Waals surface area contributed by atoms with Gasteiger partial charge in [0.05, 0.1) is 26.8 Å². The summed E-state index contributed by atoms with van der Waals surface area (Å²) in [4.78, 5) is 53.3. The lowest BCUT2D eigenvalue weighted by atomic mass is 9.81. The molecule has 11 heteroatoms. The van der Waals surface area contributed by atoms with Gasteiger partial charge in [0.25, 0.3) is 17.7 Å². The third-order valence-corrected chi connectivity index (χ3v) is 10.0. The number of carbonyl (C=O) groups is 4. The van der Waals surface area contributed by atoms with Crippen molar-refractivity contribution in [3.8, 4) is 0 Å². The molecule has 2 heterocycles. The average molecular weight is 623 g/mol. The number of carbonyl (C=O) groups excluding carboxylic acids is 4. The molecule has 0 N–H and O–H groups in total. The summed E-state index contributed by atoms with van der Waals surface area (Å²) in [6, 6.07) is 7.61. The first-order valence-corrected chi connectivity index (χ1v) is 13.1. The second kappa shape index (κ2) is 9.54. The smallest absolute Gasteiger partial charge is 0.273 e. The van der Waals surface area contributed by atoms with Crippen molar-refractivity contribution >= 4 is 89.9 Å². The van der Waals surface area contributed by atoms with Crippen LogP contribution in [-0.4, -0.2) is 49.7 Å². The molecule has 1 aliphatic carbocycles. The summed E-state index contributed by atoms with van der Waals surface area (Å²) >= 11 is 20.4. The Hall–Kier alpha value is -1.26. The Morgan fingerprint density at radius 2 is 1.66 bits per heavy atom. The minimum atomic E-state index is -0.681. The van der Waals surface area contributed by atoms with Gasteiger partial charge in [-0.1, -0.05) is 61.1 Å². The Morgan fingerprint density at radius 3 is 2.19 bits per heavy atom. The molecule has 0 bridgehead atoms. The molecule has 2 aliphatic rings. The molecule has 168 valence electrons. The van der Waals surface area contributed by atoms with Crippen LogP contribution in [-0.2, 0) is 9.59 Å².